The second-order valence-corrected chi connectivity index (χ2v) is 4.20. The van der Waals surface area contributed by atoms with Crippen LogP contribution >= 0.6 is 0 Å². The van der Waals surface area contributed by atoms with Gasteiger partial charge in [-0.2, -0.15) is 0 Å². The summed E-state index contributed by atoms with van der Waals surface area (Å²) in [4.78, 5) is 2.49. The second-order valence-electron chi connectivity index (χ2n) is 4.20. The molecule has 11 heavy (non-hydrogen) atoms. The number of likely N-dealkylation sites (tertiary alicyclic amines) is 1. The maximum Gasteiger partial charge on any atom is 0.0133 e. The van der Waals surface area contributed by atoms with E-state index in [0.717, 1.165) is 6.04 Å². The molecule has 0 aliphatic carbocycles. The van der Waals surface area contributed by atoms with Gasteiger partial charge in [0.25, 0.3) is 0 Å². The molecule has 2 atom stereocenters. The van der Waals surface area contributed by atoms with Crippen molar-refractivity contribution in [3.05, 3.63) is 0 Å². The highest BCUT2D eigenvalue weighted by atomic mass is 15.2. The lowest BCUT2D eigenvalue weighted by molar-refractivity contribution is 0.212. The highest BCUT2D eigenvalue weighted by Gasteiger charge is 2.44. The molecule has 1 spiro atoms. The molecule has 2 heterocycles. The molecule has 0 saturated carbocycles. The Balaban J connectivity index is 2.13. The Labute approximate surface area is 69.0 Å². The number of nitrogens with one attached hydrogen (secondary N) is 1. The standard InChI is InChI=1S/C9H18N2/c1-8-9(3-5-10-7-9)4-6-11(8)2/h8,10H,3-7H2,1-2H3. The number of hydrogen-bond acceptors (Lipinski definition) is 2. The first-order valence-electron chi connectivity index (χ1n) is 4.66. The van der Waals surface area contributed by atoms with E-state index in [4.69, 9.17) is 0 Å². The lowest BCUT2D eigenvalue weighted by atomic mass is 9.80. The SMILES string of the molecule is CC1N(C)CCC12CCNC2. The van der Waals surface area contributed by atoms with Crippen molar-refractivity contribution in [2.45, 2.75) is 25.8 Å². The molecular formula is C9H18N2. The lowest BCUT2D eigenvalue weighted by Gasteiger charge is -2.29. The van der Waals surface area contributed by atoms with Crippen LogP contribution in [0.5, 0.6) is 0 Å². The highest BCUT2D eigenvalue weighted by molar-refractivity contribution is 5.00. The lowest BCUT2D eigenvalue weighted by Crippen LogP contribution is -2.36. The fourth-order valence-corrected chi connectivity index (χ4v) is 2.60. The van der Waals surface area contributed by atoms with Crippen LogP contribution in [-0.4, -0.2) is 37.6 Å². The first-order valence-corrected chi connectivity index (χ1v) is 4.66. The number of rotatable bonds is 0. The van der Waals surface area contributed by atoms with Crippen LogP contribution in [0.15, 0.2) is 0 Å². The van der Waals surface area contributed by atoms with Gasteiger partial charge in [-0.1, -0.05) is 0 Å². The molecule has 0 aromatic carbocycles. The van der Waals surface area contributed by atoms with Crippen LogP contribution in [0.4, 0.5) is 0 Å². The van der Waals surface area contributed by atoms with Crippen LogP contribution in [0.25, 0.3) is 0 Å². The Bertz CT molecular complexity index is 150. The van der Waals surface area contributed by atoms with Crippen molar-refractivity contribution in [3.8, 4) is 0 Å². The fraction of sp³-hybridized carbons (Fsp3) is 1.00. The van der Waals surface area contributed by atoms with Crippen LogP contribution in [0.2, 0.25) is 0 Å². The summed E-state index contributed by atoms with van der Waals surface area (Å²) in [6.45, 7) is 6.15. The van der Waals surface area contributed by atoms with Gasteiger partial charge in [0.2, 0.25) is 0 Å². The third kappa shape index (κ3) is 1.00. The molecule has 2 nitrogen and oxygen atoms in total. The van der Waals surface area contributed by atoms with E-state index in [1.165, 1.54) is 32.5 Å². The first kappa shape index (κ1) is 7.56. The Morgan fingerprint density at radius 3 is 2.73 bits per heavy atom. The van der Waals surface area contributed by atoms with Gasteiger partial charge in [-0.15, -0.1) is 0 Å². The van der Waals surface area contributed by atoms with Crippen LogP contribution in [0.1, 0.15) is 19.8 Å². The Morgan fingerprint density at radius 1 is 1.45 bits per heavy atom. The summed E-state index contributed by atoms with van der Waals surface area (Å²) < 4.78 is 0. The molecule has 0 aromatic rings. The molecule has 0 aromatic heterocycles. The summed E-state index contributed by atoms with van der Waals surface area (Å²) in [7, 11) is 2.25. The minimum atomic E-state index is 0.634. The largest absolute Gasteiger partial charge is 0.316 e. The second kappa shape index (κ2) is 2.46. The van der Waals surface area contributed by atoms with E-state index in [2.05, 4.69) is 24.2 Å². The average Bonchev–Trinajstić information content (AvgIpc) is 2.56. The van der Waals surface area contributed by atoms with Crippen LogP contribution in [0.3, 0.4) is 0 Å². The van der Waals surface area contributed by atoms with Crippen molar-refractivity contribution in [3.63, 3.8) is 0 Å². The maximum absolute atomic E-state index is 3.48. The van der Waals surface area contributed by atoms with Gasteiger partial charge in [-0.05, 0) is 39.9 Å². The minimum absolute atomic E-state index is 0.634. The van der Waals surface area contributed by atoms with Gasteiger partial charge in [-0.25, -0.2) is 0 Å². The molecule has 0 amide bonds. The van der Waals surface area contributed by atoms with Gasteiger partial charge < -0.3 is 10.2 Å². The van der Waals surface area contributed by atoms with Crippen LogP contribution in [0, 0.1) is 5.41 Å². The molecule has 64 valence electrons. The molecule has 0 radical (unpaired) electrons. The molecule has 2 saturated heterocycles. The van der Waals surface area contributed by atoms with E-state index >= 15 is 0 Å². The third-order valence-corrected chi connectivity index (χ3v) is 3.79. The molecule has 2 aliphatic heterocycles. The van der Waals surface area contributed by atoms with Crippen molar-refractivity contribution < 1.29 is 0 Å². The van der Waals surface area contributed by atoms with E-state index < -0.39 is 0 Å². The quantitative estimate of drug-likeness (QED) is 0.552. The van der Waals surface area contributed by atoms with Crippen LogP contribution in [-0.2, 0) is 0 Å². The van der Waals surface area contributed by atoms with E-state index in [1.54, 1.807) is 0 Å². The Hall–Kier alpha value is -0.0800. The summed E-state index contributed by atoms with van der Waals surface area (Å²) in [5, 5.41) is 3.48. The van der Waals surface area contributed by atoms with Crippen molar-refractivity contribution in [2.75, 3.05) is 26.7 Å². The minimum Gasteiger partial charge on any atom is -0.316 e. The topological polar surface area (TPSA) is 15.3 Å². The van der Waals surface area contributed by atoms with Crippen molar-refractivity contribution in [1.82, 2.24) is 10.2 Å². The van der Waals surface area contributed by atoms with Crippen molar-refractivity contribution in [2.24, 2.45) is 5.41 Å². The monoisotopic (exact) mass is 154 g/mol. The maximum atomic E-state index is 3.48. The smallest absolute Gasteiger partial charge is 0.0133 e. The summed E-state index contributed by atoms with van der Waals surface area (Å²) in [6.07, 6.45) is 2.79. The summed E-state index contributed by atoms with van der Waals surface area (Å²) in [5.41, 5.74) is 0.634. The van der Waals surface area contributed by atoms with E-state index in [1.807, 2.05) is 0 Å². The van der Waals surface area contributed by atoms with Gasteiger partial charge in [0, 0.05) is 18.0 Å². The highest BCUT2D eigenvalue weighted by Crippen LogP contribution is 2.40. The zero-order chi connectivity index (χ0) is 7.90. The summed E-state index contributed by atoms with van der Waals surface area (Å²) in [5.74, 6) is 0. The molecule has 2 unspecified atom stereocenters. The predicted octanol–water partition coefficient (Wildman–Crippen LogP) is 0.690. The Morgan fingerprint density at radius 2 is 2.27 bits per heavy atom. The van der Waals surface area contributed by atoms with Gasteiger partial charge in [0.1, 0.15) is 0 Å². The molecule has 1 N–H and O–H groups in total. The molecule has 0 bridgehead atoms. The predicted molar refractivity (Wildman–Crippen MR) is 46.6 cm³/mol. The number of hydrogen-bond donors (Lipinski definition) is 1. The van der Waals surface area contributed by atoms with Gasteiger partial charge >= 0.3 is 0 Å². The molecular weight excluding hydrogens is 136 g/mol. The van der Waals surface area contributed by atoms with Crippen molar-refractivity contribution >= 4 is 0 Å². The number of nitrogens with zero attached hydrogens (tertiary/aromatic N) is 1. The Kier molecular flexibility index (Phi) is 1.69. The zero-order valence-corrected chi connectivity index (χ0v) is 7.56. The van der Waals surface area contributed by atoms with E-state index in [0.29, 0.717) is 5.41 Å². The zero-order valence-electron chi connectivity index (χ0n) is 7.56. The van der Waals surface area contributed by atoms with Gasteiger partial charge in [0.15, 0.2) is 0 Å². The molecule has 2 rings (SSSR count). The molecule has 2 aliphatic rings. The van der Waals surface area contributed by atoms with E-state index in [-0.39, 0.29) is 0 Å². The van der Waals surface area contributed by atoms with Gasteiger partial charge in [0.05, 0.1) is 0 Å². The fourth-order valence-electron chi connectivity index (χ4n) is 2.60. The van der Waals surface area contributed by atoms with Crippen molar-refractivity contribution in [1.29, 1.82) is 0 Å². The molecule has 2 fully saturated rings. The van der Waals surface area contributed by atoms with Crippen LogP contribution < -0.4 is 5.32 Å². The summed E-state index contributed by atoms with van der Waals surface area (Å²) in [6, 6.07) is 0.789. The first-order chi connectivity index (χ1) is 5.25. The average molecular weight is 154 g/mol. The van der Waals surface area contributed by atoms with Gasteiger partial charge in [-0.3, -0.25) is 0 Å². The summed E-state index contributed by atoms with van der Waals surface area (Å²) >= 11 is 0. The third-order valence-electron chi connectivity index (χ3n) is 3.79. The van der Waals surface area contributed by atoms with E-state index in [9.17, 15) is 0 Å². The molecule has 2 heteroatoms. The normalized spacial score (nSPS) is 45.8.